The zero-order valence-electron chi connectivity index (χ0n) is 7.10. The van der Waals surface area contributed by atoms with Gasteiger partial charge in [-0.3, -0.25) is 4.79 Å². The Bertz CT molecular complexity index is 338. The second-order valence-electron chi connectivity index (χ2n) is 3.27. The van der Waals surface area contributed by atoms with E-state index in [9.17, 15) is 4.79 Å². The standard InChI is InChI=1S/C9H10N2O2/c12-9(13)6-1-2-7-4-10-5-11-8(7)3-6/h4-6H,1-3H2,(H,12,13). The Kier molecular flexibility index (Phi) is 1.96. The highest BCUT2D eigenvalue weighted by Gasteiger charge is 2.24. The molecule has 13 heavy (non-hydrogen) atoms. The first kappa shape index (κ1) is 8.16. The molecule has 0 saturated carbocycles. The van der Waals surface area contributed by atoms with Crippen LogP contribution in [0.5, 0.6) is 0 Å². The quantitative estimate of drug-likeness (QED) is 0.686. The van der Waals surface area contributed by atoms with Crippen molar-refractivity contribution in [1.29, 1.82) is 0 Å². The highest BCUT2D eigenvalue weighted by Crippen LogP contribution is 2.22. The summed E-state index contributed by atoms with van der Waals surface area (Å²) in [6.07, 6.45) is 5.29. The molecule has 1 atom stereocenters. The molecule has 0 bridgehead atoms. The molecule has 1 unspecified atom stereocenters. The van der Waals surface area contributed by atoms with Crippen LogP contribution in [-0.4, -0.2) is 21.0 Å². The van der Waals surface area contributed by atoms with Crippen LogP contribution in [0.1, 0.15) is 17.7 Å². The maximum atomic E-state index is 10.7. The lowest BCUT2D eigenvalue weighted by Gasteiger charge is -2.19. The second-order valence-corrected chi connectivity index (χ2v) is 3.27. The topological polar surface area (TPSA) is 63.1 Å². The number of carboxylic acid groups (broad SMARTS) is 1. The van der Waals surface area contributed by atoms with E-state index in [4.69, 9.17) is 5.11 Å². The fourth-order valence-electron chi connectivity index (χ4n) is 1.65. The maximum absolute atomic E-state index is 10.7. The first-order valence-electron chi connectivity index (χ1n) is 4.28. The number of aromatic nitrogens is 2. The summed E-state index contributed by atoms with van der Waals surface area (Å²) in [4.78, 5) is 18.7. The number of hydrogen-bond acceptors (Lipinski definition) is 3. The Balaban J connectivity index is 2.24. The third-order valence-electron chi connectivity index (χ3n) is 2.43. The second kappa shape index (κ2) is 3.12. The van der Waals surface area contributed by atoms with Gasteiger partial charge in [0, 0.05) is 18.3 Å². The molecule has 1 aromatic heterocycles. The zero-order valence-corrected chi connectivity index (χ0v) is 7.10. The lowest BCUT2D eigenvalue weighted by molar-refractivity contribution is -0.142. The van der Waals surface area contributed by atoms with E-state index in [1.54, 1.807) is 6.20 Å². The molecule has 0 radical (unpaired) electrons. The minimum atomic E-state index is -0.718. The summed E-state index contributed by atoms with van der Waals surface area (Å²) in [6, 6.07) is 0. The minimum absolute atomic E-state index is 0.262. The lowest BCUT2D eigenvalue weighted by atomic mass is 9.88. The lowest BCUT2D eigenvalue weighted by Crippen LogP contribution is -2.23. The van der Waals surface area contributed by atoms with Crippen molar-refractivity contribution in [1.82, 2.24) is 9.97 Å². The van der Waals surface area contributed by atoms with E-state index in [-0.39, 0.29) is 5.92 Å². The Morgan fingerprint density at radius 3 is 3.23 bits per heavy atom. The third-order valence-corrected chi connectivity index (χ3v) is 2.43. The van der Waals surface area contributed by atoms with Crippen molar-refractivity contribution in [3.63, 3.8) is 0 Å². The van der Waals surface area contributed by atoms with Gasteiger partial charge in [0.1, 0.15) is 6.33 Å². The van der Waals surface area contributed by atoms with Crippen LogP contribution in [0.25, 0.3) is 0 Å². The molecule has 4 heteroatoms. The summed E-state index contributed by atoms with van der Waals surface area (Å²) in [5.41, 5.74) is 1.99. The number of fused-ring (bicyclic) bond motifs is 1. The van der Waals surface area contributed by atoms with Crippen molar-refractivity contribution in [2.24, 2.45) is 5.92 Å². The smallest absolute Gasteiger partial charge is 0.306 e. The molecule has 1 heterocycles. The zero-order chi connectivity index (χ0) is 9.26. The molecule has 0 fully saturated rings. The van der Waals surface area contributed by atoms with E-state index in [2.05, 4.69) is 9.97 Å². The number of hydrogen-bond donors (Lipinski definition) is 1. The van der Waals surface area contributed by atoms with Crippen molar-refractivity contribution in [3.8, 4) is 0 Å². The number of aryl methyl sites for hydroxylation is 1. The van der Waals surface area contributed by atoms with Gasteiger partial charge in [0.25, 0.3) is 0 Å². The molecule has 1 aliphatic rings. The number of aliphatic carboxylic acids is 1. The predicted molar refractivity (Wildman–Crippen MR) is 45.2 cm³/mol. The number of rotatable bonds is 1. The van der Waals surface area contributed by atoms with Crippen LogP contribution in [0.2, 0.25) is 0 Å². The van der Waals surface area contributed by atoms with Crippen molar-refractivity contribution in [2.45, 2.75) is 19.3 Å². The molecule has 0 spiro atoms. The summed E-state index contributed by atoms with van der Waals surface area (Å²) < 4.78 is 0. The van der Waals surface area contributed by atoms with Crippen LogP contribution in [0.15, 0.2) is 12.5 Å². The van der Waals surface area contributed by atoms with Gasteiger partial charge in [-0.1, -0.05) is 0 Å². The summed E-state index contributed by atoms with van der Waals surface area (Å²) in [6.45, 7) is 0. The molecule has 0 amide bonds. The average Bonchev–Trinajstić information content (AvgIpc) is 2.17. The number of carbonyl (C=O) groups is 1. The van der Waals surface area contributed by atoms with E-state index in [0.717, 1.165) is 17.7 Å². The fourth-order valence-corrected chi connectivity index (χ4v) is 1.65. The van der Waals surface area contributed by atoms with Crippen molar-refractivity contribution < 1.29 is 9.90 Å². The van der Waals surface area contributed by atoms with Gasteiger partial charge < -0.3 is 5.11 Å². The van der Waals surface area contributed by atoms with Crippen LogP contribution < -0.4 is 0 Å². The molecule has 0 saturated heterocycles. The molecule has 1 aliphatic carbocycles. The molecule has 1 aromatic rings. The summed E-state index contributed by atoms with van der Waals surface area (Å²) >= 11 is 0. The van der Waals surface area contributed by atoms with Crippen LogP contribution >= 0.6 is 0 Å². The van der Waals surface area contributed by atoms with Crippen LogP contribution in [0.3, 0.4) is 0 Å². The summed E-state index contributed by atoms with van der Waals surface area (Å²) in [5, 5.41) is 8.82. The number of nitrogens with zero attached hydrogens (tertiary/aromatic N) is 2. The highest BCUT2D eigenvalue weighted by molar-refractivity contribution is 5.70. The van der Waals surface area contributed by atoms with Gasteiger partial charge in [-0.15, -0.1) is 0 Å². The van der Waals surface area contributed by atoms with Crippen molar-refractivity contribution in [2.75, 3.05) is 0 Å². The van der Waals surface area contributed by atoms with Crippen LogP contribution in [0, 0.1) is 5.92 Å². The SMILES string of the molecule is O=C(O)C1CCc2cncnc2C1. The maximum Gasteiger partial charge on any atom is 0.306 e. The van der Waals surface area contributed by atoms with Gasteiger partial charge in [-0.2, -0.15) is 0 Å². The van der Waals surface area contributed by atoms with Gasteiger partial charge in [0.05, 0.1) is 5.92 Å². The molecule has 68 valence electrons. The van der Waals surface area contributed by atoms with Gasteiger partial charge in [-0.25, -0.2) is 9.97 Å². The van der Waals surface area contributed by atoms with Crippen molar-refractivity contribution in [3.05, 3.63) is 23.8 Å². The van der Waals surface area contributed by atoms with Crippen LogP contribution in [0.4, 0.5) is 0 Å². The predicted octanol–water partition coefficient (Wildman–Crippen LogP) is 0.666. The Morgan fingerprint density at radius 1 is 1.62 bits per heavy atom. The van der Waals surface area contributed by atoms with Gasteiger partial charge in [0.15, 0.2) is 0 Å². The minimum Gasteiger partial charge on any atom is -0.481 e. The first-order valence-corrected chi connectivity index (χ1v) is 4.28. The van der Waals surface area contributed by atoms with Gasteiger partial charge in [0.2, 0.25) is 0 Å². The fraction of sp³-hybridized carbons (Fsp3) is 0.444. The normalized spacial score (nSPS) is 20.8. The molecular weight excluding hydrogens is 168 g/mol. The molecule has 1 N–H and O–H groups in total. The monoisotopic (exact) mass is 178 g/mol. The average molecular weight is 178 g/mol. The third kappa shape index (κ3) is 1.52. The molecule has 0 aliphatic heterocycles. The summed E-state index contributed by atoms with van der Waals surface area (Å²) in [5.74, 6) is -0.980. The highest BCUT2D eigenvalue weighted by atomic mass is 16.4. The molecule has 4 nitrogen and oxygen atoms in total. The van der Waals surface area contributed by atoms with E-state index < -0.39 is 5.97 Å². The van der Waals surface area contributed by atoms with Crippen LogP contribution in [-0.2, 0) is 17.6 Å². The molecule has 2 rings (SSSR count). The van der Waals surface area contributed by atoms with E-state index >= 15 is 0 Å². The van der Waals surface area contributed by atoms with Crippen molar-refractivity contribution >= 4 is 5.97 Å². The Morgan fingerprint density at radius 2 is 2.46 bits per heavy atom. The van der Waals surface area contributed by atoms with Gasteiger partial charge >= 0.3 is 5.97 Å². The van der Waals surface area contributed by atoms with E-state index in [1.807, 2.05) is 0 Å². The van der Waals surface area contributed by atoms with E-state index in [1.165, 1.54) is 6.33 Å². The Labute approximate surface area is 75.6 Å². The largest absolute Gasteiger partial charge is 0.481 e. The first-order chi connectivity index (χ1) is 6.27. The molecule has 0 aromatic carbocycles. The molecular formula is C9H10N2O2. The summed E-state index contributed by atoms with van der Waals surface area (Å²) in [7, 11) is 0. The number of carboxylic acids is 1. The van der Waals surface area contributed by atoms with E-state index in [0.29, 0.717) is 12.8 Å². The van der Waals surface area contributed by atoms with Gasteiger partial charge in [-0.05, 0) is 18.4 Å². The Hall–Kier alpha value is -1.45.